The van der Waals surface area contributed by atoms with Gasteiger partial charge >= 0.3 is 0 Å². The molecule has 1 amide bonds. The predicted octanol–water partition coefficient (Wildman–Crippen LogP) is 2.92. The van der Waals surface area contributed by atoms with Gasteiger partial charge in [-0.3, -0.25) is 9.69 Å². The van der Waals surface area contributed by atoms with Crippen molar-refractivity contribution in [2.24, 2.45) is 0 Å². The second kappa shape index (κ2) is 5.85. The highest BCUT2D eigenvalue weighted by Crippen LogP contribution is 2.43. The van der Waals surface area contributed by atoms with Crippen LogP contribution in [0.3, 0.4) is 0 Å². The summed E-state index contributed by atoms with van der Waals surface area (Å²) in [6.45, 7) is 2.94. The highest BCUT2D eigenvalue weighted by atomic mass is 16.3. The number of amides is 1. The smallest absolute Gasteiger partial charge is 0.221 e. The van der Waals surface area contributed by atoms with E-state index in [2.05, 4.69) is 34.5 Å². The van der Waals surface area contributed by atoms with Crippen molar-refractivity contribution in [3.63, 3.8) is 0 Å². The number of hydrogen-bond acceptors (Lipinski definition) is 3. The quantitative estimate of drug-likeness (QED) is 0.948. The minimum Gasteiger partial charge on any atom is -0.472 e. The van der Waals surface area contributed by atoms with Gasteiger partial charge in [0.25, 0.3) is 0 Å². The zero-order valence-corrected chi connectivity index (χ0v) is 13.2. The summed E-state index contributed by atoms with van der Waals surface area (Å²) in [5, 5.41) is 3.31. The first-order chi connectivity index (χ1) is 11.3. The van der Waals surface area contributed by atoms with Crippen LogP contribution in [0.2, 0.25) is 0 Å². The monoisotopic (exact) mass is 310 g/mol. The molecule has 2 aliphatic rings. The van der Waals surface area contributed by atoms with Crippen LogP contribution in [0.1, 0.15) is 36.3 Å². The van der Waals surface area contributed by atoms with E-state index in [-0.39, 0.29) is 11.4 Å². The second-order valence-electron chi connectivity index (χ2n) is 6.78. The van der Waals surface area contributed by atoms with Crippen molar-refractivity contribution in [1.29, 1.82) is 0 Å². The lowest BCUT2D eigenvalue weighted by molar-refractivity contribution is -0.120. The van der Waals surface area contributed by atoms with Crippen molar-refractivity contribution in [3.8, 4) is 0 Å². The van der Waals surface area contributed by atoms with Gasteiger partial charge in [0.15, 0.2) is 0 Å². The Morgan fingerprint density at radius 3 is 2.65 bits per heavy atom. The Balaban J connectivity index is 1.49. The summed E-state index contributed by atoms with van der Waals surface area (Å²) in [5.41, 5.74) is 2.44. The molecular formula is C19H22N2O2. The number of likely N-dealkylation sites (tertiary alicyclic amines) is 1. The molecule has 4 rings (SSSR count). The average Bonchev–Trinajstić information content (AvgIpc) is 3.19. The third kappa shape index (κ3) is 2.79. The molecule has 3 heterocycles. The van der Waals surface area contributed by atoms with Gasteiger partial charge in [-0.2, -0.15) is 0 Å². The first-order valence-electron chi connectivity index (χ1n) is 8.35. The van der Waals surface area contributed by atoms with Gasteiger partial charge in [-0.15, -0.1) is 0 Å². The standard InChI is InChI=1S/C19H22N2O2/c22-18-12-17(16-4-2-1-3-5-16)19(20-18)7-9-21(10-8-19)13-15-6-11-23-14-15/h1-6,11,14,17H,7-10,12-13H2,(H,20,22)/t17-/m1/s1. The van der Waals surface area contributed by atoms with Crippen LogP contribution in [0.25, 0.3) is 0 Å². The number of rotatable bonds is 3. The van der Waals surface area contributed by atoms with Crippen LogP contribution >= 0.6 is 0 Å². The molecule has 23 heavy (non-hydrogen) atoms. The van der Waals surface area contributed by atoms with Gasteiger partial charge in [0.05, 0.1) is 12.5 Å². The van der Waals surface area contributed by atoms with Gasteiger partial charge < -0.3 is 9.73 Å². The second-order valence-corrected chi connectivity index (χ2v) is 6.78. The van der Waals surface area contributed by atoms with Crippen molar-refractivity contribution in [2.75, 3.05) is 13.1 Å². The Bertz CT molecular complexity index is 658. The van der Waals surface area contributed by atoms with E-state index in [0.717, 1.165) is 32.5 Å². The minimum absolute atomic E-state index is 0.0642. The Hall–Kier alpha value is -2.07. The van der Waals surface area contributed by atoms with Gasteiger partial charge in [-0.05, 0) is 24.5 Å². The summed E-state index contributed by atoms with van der Waals surface area (Å²) < 4.78 is 5.15. The van der Waals surface area contributed by atoms with E-state index >= 15 is 0 Å². The van der Waals surface area contributed by atoms with Crippen LogP contribution in [0.5, 0.6) is 0 Å². The van der Waals surface area contributed by atoms with Crippen molar-refractivity contribution in [3.05, 3.63) is 60.1 Å². The van der Waals surface area contributed by atoms with Gasteiger partial charge in [0.2, 0.25) is 5.91 Å². The van der Waals surface area contributed by atoms with E-state index < -0.39 is 0 Å². The summed E-state index contributed by atoms with van der Waals surface area (Å²) in [5.74, 6) is 0.495. The molecule has 4 heteroatoms. The summed E-state index contributed by atoms with van der Waals surface area (Å²) in [4.78, 5) is 14.5. The van der Waals surface area contributed by atoms with E-state index in [4.69, 9.17) is 4.42 Å². The molecule has 2 saturated heterocycles. The van der Waals surface area contributed by atoms with Crippen molar-refractivity contribution in [1.82, 2.24) is 10.2 Å². The fourth-order valence-corrected chi connectivity index (χ4v) is 4.14. The summed E-state index contributed by atoms with van der Waals surface area (Å²) >= 11 is 0. The van der Waals surface area contributed by atoms with Crippen molar-refractivity contribution in [2.45, 2.75) is 37.3 Å². The van der Waals surface area contributed by atoms with E-state index in [0.29, 0.717) is 12.3 Å². The molecule has 1 aromatic heterocycles. The highest BCUT2D eigenvalue weighted by molar-refractivity contribution is 5.81. The maximum Gasteiger partial charge on any atom is 0.221 e. The number of furan rings is 1. The molecule has 1 aromatic carbocycles. The summed E-state index contributed by atoms with van der Waals surface area (Å²) in [6, 6.07) is 12.5. The maximum atomic E-state index is 12.1. The molecule has 2 fully saturated rings. The number of hydrogen-bond donors (Lipinski definition) is 1. The average molecular weight is 310 g/mol. The molecule has 0 radical (unpaired) electrons. The molecular weight excluding hydrogens is 288 g/mol. The van der Waals surface area contributed by atoms with E-state index in [1.807, 2.05) is 18.4 Å². The van der Waals surface area contributed by atoms with Crippen LogP contribution in [0.4, 0.5) is 0 Å². The molecule has 0 bridgehead atoms. The Kier molecular flexibility index (Phi) is 3.69. The number of piperidine rings is 1. The molecule has 2 aromatic rings. The number of carbonyl (C=O) groups excluding carboxylic acids is 1. The van der Waals surface area contributed by atoms with Crippen LogP contribution in [0.15, 0.2) is 53.3 Å². The number of nitrogens with zero attached hydrogens (tertiary/aromatic N) is 1. The highest BCUT2D eigenvalue weighted by Gasteiger charge is 2.48. The number of nitrogens with one attached hydrogen (secondary N) is 1. The molecule has 4 nitrogen and oxygen atoms in total. The first kappa shape index (κ1) is 14.5. The van der Waals surface area contributed by atoms with Crippen LogP contribution in [-0.2, 0) is 11.3 Å². The molecule has 2 aliphatic heterocycles. The fraction of sp³-hybridized carbons (Fsp3) is 0.421. The third-order valence-electron chi connectivity index (χ3n) is 5.38. The molecule has 0 unspecified atom stereocenters. The van der Waals surface area contributed by atoms with Crippen molar-refractivity contribution < 1.29 is 9.21 Å². The van der Waals surface area contributed by atoms with E-state index in [1.54, 1.807) is 6.26 Å². The first-order valence-corrected chi connectivity index (χ1v) is 8.35. The largest absolute Gasteiger partial charge is 0.472 e. The van der Waals surface area contributed by atoms with Crippen LogP contribution in [-0.4, -0.2) is 29.4 Å². The Morgan fingerprint density at radius 1 is 1.17 bits per heavy atom. The number of carbonyl (C=O) groups is 1. The molecule has 0 aliphatic carbocycles. The fourth-order valence-electron chi connectivity index (χ4n) is 4.14. The maximum absolute atomic E-state index is 12.1. The lowest BCUT2D eigenvalue weighted by Gasteiger charge is -2.43. The predicted molar refractivity (Wildman–Crippen MR) is 87.9 cm³/mol. The van der Waals surface area contributed by atoms with Crippen molar-refractivity contribution >= 4 is 5.91 Å². The lowest BCUT2D eigenvalue weighted by atomic mass is 9.74. The van der Waals surface area contributed by atoms with Gasteiger partial charge in [0, 0.05) is 43.1 Å². The topological polar surface area (TPSA) is 45.5 Å². The summed E-state index contributed by atoms with van der Waals surface area (Å²) in [7, 11) is 0. The molecule has 0 saturated carbocycles. The molecule has 120 valence electrons. The SMILES string of the molecule is O=C1C[C@H](c2ccccc2)C2(CCN(Cc3ccoc3)CC2)N1. The van der Waals surface area contributed by atoms with E-state index in [9.17, 15) is 4.79 Å². The minimum atomic E-state index is -0.0642. The zero-order valence-electron chi connectivity index (χ0n) is 13.2. The third-order valence-corrected chi connectivity index (χ3v) is 5.38. The van der Waals surface area contributed by atoms with Crippen LogP contribution < -0.4 is 5.32 Å². The lowest BCUT2D eigenvalue weighted by Crippen LogP contribution is -2.53. The molecule has 1 spiro atoms. The Morgan fingerprint density at radius 2 is 1.96 bits per heavy atom. The van der Waals surface area contributed by atoms with E-state index in [1.165, 1.54) is 11.1 Å². The molecule has 1 N–H and O–H groups in total. The zero-order chi connectivity index (χ0) is 15.7. The normalized spacial score (nSPS) is 24.0. The number of benzene rings is 1. The van der Waals surface area contributed by atoms with Gasteiger partial charge in [0.1, 0.15) is 0 Å². The summed E-state index contributed by atoms with van der Waals surface area (Å²) in [6.07, 6.45) is 6.18. The molecule has 1 atom stereocenters. The van der Waals surface area contributed by atoms with Gasteiger partial charge in [-0.25, -0.2) is 0 Å². The van der Waals surface area contributed by atoms with Crippen LogP contribution in [0, 0.1) is 0 Å². The Labute approximate surface area is 136 Å². The van der Waals surface area contributed by atoms with Gasteiger partial charge in [-0.1, -0.05) is 30.3 Å².